The molecule has 0 N–H and O–H groups in total. The van der Waals surface area contributed by atoms with Gasteiger partial charge in [-0.05, 0) is 42.9 Å². The third kappa shape index (κ3) is 5.56. The number of pyridine rings is 1. The van der Waals surface area contributed by atoms with Gasteiger partial charge in [0.15, 0.2) is 0 Å². The van der Waals surface area contributed by atoms with Crippen LogP contribution < -0.4 is 0 Å². The molecule has 1 heterocycles. The molecule has 1 aromatic heterocycles. The summed E-state index contributed by atoms with van der Waals surface area (Å²) in [5, 5.41) is 0. The maximum Gasteiger partial charge on any atom is 0.0372 e. The van der Waals surface area contributed by atoms with E-state index < -0.39 is 0 Å². The van der Waals surface area contributed by atoms with Gasteiger partial charge in [0.25, 0.3) is 0 Å². The molecule has 0 saturated heterocycles. The lowest BCUT2D eigenvalue weighted by atomic mass is 10.0. The zero-order chi connectivity index (χ0) is 15.1. The lowest BCUT2D eigenvalue weighted by Gasteiger charge is -2.03. The fourth-order valence-electron chi connectivity index (χ4n) is 1.77. The SMILES string of the molecule is Cc1ccc(C(C)C)cc1.Cc1ccc(C(C)C)cn1. The highest BCUT2D eigenvalue weighted by atomic mass is 14.7. The molecule has 0 amide bonds. The second-order valence-corrected chi connectivity index (χ2v) is 5.95. The minimum atomic E-state index is 0.591. The van der Waals surface area contributed by atoms with E-state index >= 15 is 0 Å². The zero-order valence-corrected chi connectivity index (χ0v) is 13.6. The molecule has 1 aromatic carbocycles. The Hall–Kier alpha value is -1.63. The summed E-state index contributed by atoms with van der Waals surface area (Å²) in [4.78, 5) is 4.20. The van der Waals surface area contributed by atoms with Crippen molar-refractivity contribution < 1.29 is 0 Å². The largest absolute Gasteiger partial charge is 0.261 e. The summed E-state index contributed by atoms with van der Waals surface area (Å²) in [6.45, 7) is 12.9. The molecule has 0 saturated carbocycles. The Bertz CT molecular complexity index is 443. The van der Waals surface area contributed by atoms with Crippen molar-refractivity contribution in [1.29, 1.82) is 0 Å². The molecule has 0 bridgehead atoms. The second kappa shape index (κ2) is 7.84. The van der Waals surface area contributed by atoms with Gasteiger partial charge in [-0.1, -0.05) is 63.6 Å². The third-order valence-corrected chi connectivity index (χ3v) is 3.34. The van der Waals surface area contributed by atoms with Crippen LogP contribution in [0.4, 0.5) is 0 Å². The minimum Gasteiger partial charge on any atom is -0.261 e. The van der Waals surface area contributed by atoms with Gasteiger partial charge in [-0.15, -0.1) is 0 Å². The highest BCUT2D eigenvalue weighted by Gasteiger charge is 1.96. The predicted octanol–water partition coefficient (Wildman–Crippen LogP) is 5.63. The van der Waals surface area contributed by atoms with Gasteiger partial charge in [0, 0.05) is 11.9 Å². The molecule has 108 valence electrons. The first-order chi connectivity index (χ1) is 9.40. The summed E-state index contributed by atoms with van der Waals surface area (Å²) >= 11 is 0. The molecule has 0 radical (unpaired) electrons. The van der Waals surface area contributed by atoms with E-state index in [0.717, 1.165) is 5.69 Å². The number of hydrogen-bond donors (Lipinski definition) is 0. The number of nitrogens with zero attached hydrogens (tertiary/aromatic N) is 1. The third-order valence-electron chi connectivity index (χ3n) is 3.34. The van der Waals surface area contributed by atoms with Crippen LogP contribution in [0.1, 0.15) is 61.9 Å². The Balaban J connectivity index is 0.000000200. The molecule has 20 heavy (non-hydrogen) atoms. The van der Waals surface area contributed by atoms with Gasteiger partial charge in [0.05, 0.1) is 0 Å². The van der Waals surface area contributed by atoms with Gasteiger partial charge in [0.1, 0.15) is 0 Å². The molecule has 0 aliphatic heterocycles. The average Bonchev–Trinajstić information content (AvgIpc) is 2.40. The molecule has 0 spiro atoms. The van der Waals surface area contributed by atoms with Crippen LogP contribution in [-0.2, 0) is 0 Å². The Morgan fingerprint density at radius 1 is 0.700 bits per heavy atom. The minimum absolute atomic E-state index is 0.591. The van der Waals surface area contributed by atoms with E-state index in [2.05, 4.69) is 76.0 Å². The van der Waals surface area contributed by atoms with Crippen molar-refractivity contribution in [1.82, 2.24) is 4.98 Å². The number of aromatic nitrogens is 1. The van der Waals surface area contributed by atoms with Crippen LogP contribution >= 0.6 is 0 Å². The number of rotatable bonds is 2. The Labute approximate surface area is 124 Å². The van der Waals surface area contributed by atoms with Crippen LogP contribution in [0.5, 0.6) is 0 Å². The predicted molar refractivity (Wildman–Crippen MR) is 88.3 cm³/mol. The van der Waals surface area contributed by atoms with Gasteiger partial charge in [0.2, 0.25) is 0 Å². The van der Waals surface area contributed by atoms with E-state index in [1.807, 2.05) is 13.1 Å². The van der Waals surface area contributed by atoms with Crippen LogP contribution in [0.3, 0.4) is 0 Å². The van der Waals surface area contributed by atoms with Crippen molar-refractivity contribution in [2.24, 2.45) is 0 Å². The van der Waals surface area contributed by atoms with Crippen molar-refractivity contribution in [3.63, 3.8) is 0 Å². The van der Waals surface area contributed by atoms with Crippen LogP contribution in [0, 0.1) is 13.8 Å². The Morgan fingerprint density at radius 3 is 1.60 bits per heavy atom. The standard InChI is InChI=1S/C10H14.C9H13N/c1-8(2)10-6-4-9(3)5-7-10;1-7(2)9-5-4-8(3)10-6-9/h4-8H,1-3H3;4-7H,1-3H3. The maximum absolute atomic E-state index is 4.20. The Kier molecular flexibility index (Phi) is 6.44. The van der Waals surface area contributed by atoms with Gasteiger partial charge in [-0.3, -0.25) is 4.98 Å². The van der Waals surface area contributed by atoms with Gasteiger partial charge in [-0.2, -0.15) is 0 Å². The molecule has 0 aliphatic rings. The molecular weight excluding hydrogens is 242 g/mol. The normalized spacial score (nSPS) is 10.4. The Morgan fingerprint density at radius 2 is 1.20 bits per heavy atom. The summed E-state index contributed by atoms with van der Waals surface area (Å²) in [7, 11) is 0. The van der Waals surface area contributed by atoms with E-state index in [1.54, 1.807) is 0 Å². The van der Waals surface area contributed by atoms with Crippen LogP contribution in [-0.4, -0.2) is 4.98 Å². The first-order valence-electron chi connectivity index (χ1n) is 7.39. The number of benzene rings is 1. The highest BCUT2D eigenvalue weighted by molar-refractivity contribution is 5.23. The fraction of sp³-hybridized carbons (Fsp3) is 0.421. The highest BCUT2D eigenvalue weighted by Crippen LogP contribution is 2.13. The smallest absolute Gasteiger partial charge is 0.0372 e. The molecular formula is C19H27N. The van der Waals surface area contributed by atoms with Crippen LogP contribution in [0.25, 0.3) is 0 Å². The van der Waals surface area contributed by atoms with Crippen LogP contribution in [0.2, 0.25) is 0 Å². The van der Waals surface area contributed by atoms with Crippen molar-refractivity contribution in [2.75, 3.05) is 0 Å². The molecule has 1 heteroatoms. The summed E-state index contributed by atoms with van der Waals surface area (Å²) in [5.41, 5.74) is 5.16. The molecule has 2 rings (SSSR count). The number of aryl methyl sites for hydroxylation is 2. The van der Waals surface area contributed by atoms with Crippen molar-refractivity contribution >= 4 is 0 Å². The van der Waals surface area contributed by atoms with Crippen molar-refractivity contribution in [3.05, 3.63) is 65.0 Å². The van der Waals surface area contributed by atoms with E-state index in [0.29, 0.717) is 11.8 Å². The molecule has 0 unspecified atom stereocenters. The summed E-state index contributed by atoms with van der Waals surface area (Å²) < 4.78 is 0. The summed E-state index contributed by atoms with van der Waals surface area (Å²) in [6.07, 6.45) is 1.94. The van der Waals surface area contributed by atoms with Crippen molar-refractivity contribution in [2.45, 2.75) is 53.4 Å². The van der Waals surface area contributed by atoms with Crippen LogP contribution in [0.15, 0.2) is 42.6 Å². The number of hydrogen-bond acceptors (Lipinski definition) is 1. The maximum atomic E-state index is 4.20. The van der Waals surface area contributed by atoms with Gasteiger partial charge >= 0.3 is 0 Å². The second-order valence-electron chi connectivity index (χ2n) is 5.95. The van der Waals surface area contributed by atoms with Crippen molar-refractivity contribution in [3.8, 4) is 0 Å². The first kappa shape index (κ1) is 16.4. The molecule has 0 atom stereocenters. The summed E-state index contributed by atoms with van der Waals surface area (Å²) in [5.74, 6) is 1.24. The quantitative estimate of drug-likeness (QED) is 0.688. The summed E-state index contributed by atoms with van der Waals surface area (Å²) in [6, 6.07) is 12.9. The molecule has 1 nitrogen and oxygen atoms in total. The molecule has 0 aliphatic carbocycles. The zero-order valence-electron chi connectivity index (χ0n) is 13.6. The topological polar surface area (TPSA) is 12.9 Å². The fourth-order valence-corrected chi connectivity index (χ4v) is 1.77. The van der Waals surface area contributed by atoms with Gasteiger partial charge < -0.3 is 0 Å². The lowest BCUT2D eigenvalue weighted by Crippen LogP contribution is -1.88. The van der Waals surface area contributed by atoms with E-state index in [-0.39, 0.29) is 0 Å². The van der Waals surface area contributed by atoms with Gasteiger partial charge in [-0.25, -0.2) is 0 Å². The first-order valence-corrected chi connectivity index (χ1v) is 7.39. The molecule has 0 fully saturated rings. The van der Waals surface area contributed by atoms with E-state index in [1.165, 1.54) is 16.7 Å². The van der Waals surface area contributed by atoms with E-state index in [4.69, 9.17) is 0 Å². The van der Waals surface area contributed by atoms with E-state index in [9.17, 15) is 0 Å². The lowest BCUT2D eigenvalue weighted by molar-refractivity contribution is 0.855. The molecule has 2 aromatic rings. The average molecular weight is 269 g/mol. The monoisotopic (exact) mass is 269 g/mol.